The molecule has 1 amide bonds. The molecule has 1 unspecified atom stereocenters. The standard InChI is InChI=1S/C13H19NO3S/c1-10(9-13(16)17)8-12(15)14(2)6-5-11-4-3-7-18-11/h3-4,7,10H,5-6,8-9H2,1-2H3,(H,16,17). The van der Waals surface area contributed by atoms with E-state index in [0.717, 1.165) is 6.42 Å². The van der Waals surface area contributed by atoms with Crippen molar-refractivity contribution in [2.75, 3.05) is 13.6 Å². The van der Waals surface area contributed by atoms with Crippen LogP contribution in [-0.2, 0) is 16.0 Å². The van der Waals surface area contributed by atoms with E-state index in [1.165, 1.54) is 4.88 Å². The Balaban J connectivity index is 2.30. The van der Waals surface area contributed by atoms with Gasteiger partial charge in [-0.2, -0.15) is 0 Å². The average molecular weight is 269 g/mol. The number of aliphatic carboxylic acids is 1. The zero-order valence-corrected chi connectivity index (χ0v) is 11.6. The Morgan fingerprint density at radius 1 is 1.44 bits per heavy atom. The van der Waals surface area contributed by atoms with E-state index in [1.54, 1.807) is 30.2 Å². The van der Waals surface area contributed by atoms with Gasteiger partial charge < -0.3 is 10.0 Å². The van der Waals surface area contributed by atoms with Crippen molar-refractivity contribution in [2.45, 2.75) is 26.2 Å². The summed E-state index contributed by atoms with van der Waals surface area (Å²) in [5, 5.41) is 10.7. The number of amides is 1. The molecule has 1 aromatic rings. The van der Waals surface area contributed by atoms with Crippen LogP contribution >= 0.6 is 11.3 Å². The van der Waals surface area contributed by atoms with E-state index in [-0.39, 0.29) is 18.2 Å². The van der Waals surface area contributed by atoms with E-state index in [1.807, 2.05) is 11.4 Å². The molecule has 1 rings (SSSR count). The van der Waals surface area contributed by atoms with Crippen LogP contribution in [-0.4, -0.2) is 35.5 Å². The van der Waals surface area contributed by atoms with E-state index in [2.05, 4.69) is 6.07 Å². The van der Waals surface area contributed by atoms with Crippen molar-refractivity contribution in [1.82, 2.24) is 4.90 Å². The first-order valence-electron chi connectivity index (χ1n) is 5.97. The van der Waals surface area contributed by atoms with Crippen LogP contribution < -0.4 is 0 Å². The SMILES string of the molecule is CC(CC(=O)O)CC(=O)N(C)CCc1cccs1. The third-order valence-corrected chi connectivity index (χ3v) is 3.68. The minimum absolute atomic E-state index is 0.0142. The second-order valence-electron chi connectivity index (χ2n) is 4.55. The number of hydrogen-bond donors (Lipinski definition) is 1. The van der Waals surface area contributed by atoms with Gasteiger partial charge in [-0.1, -0.05) is 13.0 Å². The monoisotopic (exact) mass is 269 g/mol. The van der Waals surface area contributed by atoms with Crippen LogP contribution in [0.4, 0.5) is 0 Å². The predicted octanol–water partition coefficient (Wildman–Crippen LogP) is 2.25. The summed E-state index contributed by atoms with van der Waals surface area (Å²) >= 11 is 1.68. The molecule has 0 aliphatic heterocycles. The summed E-state index contributed by atoms with van der Waals surface area (Å²) in [6.07, 6.45) is 1.20. The summed E-state index contributed by atoms with van der Waals surface area (Å²) in [4.78, 5) is 25.3. The van der Waals surface area contributed by atoms with Crippen LogP contribution in [0.3, 0.4) is 0 Å². The molecule has 1 heterocycles. The Hall–Kier alpha value is -1.36. The molecule has 1 N–H and O–H groups in total. The van der Waals surface area contributed by atoms with Crippen LogP contribution in [0.2, 0.25) is 0 Å². The number of carboxylic acids is 1. The lowest BCUT2D eigenvalue weighted by atomic mass is 10.0. The Kier molecular flexibility index (Phi) is 5.85. The maximum atomic E-state index is 11.8. The number of thiophene rings is 1. The molecule has 4 nitrogen and oxygen atoms in total. The Bertz CT molecular complexity index is 389. The summed E-state index contributed by atoms with van der Waals surface area (Å²) in [6.45, 7) is 2.47. The molecular formula is C13H19NO3S. The summed E-state index contributed by atoms with van der Waals surface area (Å²) in [5.74, 6) is -0.948. The third kappa shape index (κ3) is 5.31. The predicted molar refractivity (Wildman–Crippen MR) is 71.7 cm³/mol. The molecule has 0 saturated heterocycles. The van der Waals surface area contributed by atoms with Crippen molar-refractivity contribution in [1.29, 1.82) is 0 Å². The molecule has 0 aliphatic rings. The van der Waals surface area contributed by atoms with Crippen LogP contribution in [0.15, 0.2) is 17.5 Å². The number of rotatable bonds is 7. The lowest BCUT2D eigenvalue weighted by molar-refractivity contribution is -0.138. The molecule has 18 heavy (non-hydrogen) atoms. The molecule has 0 aromatic carbocycles. The third-order valence-electron chi connectivity index (χ3n) is 2.75. The molecule has 0 aliphatic carbocycles. The van der Waals surface area contributed by atoms with E-state index < -0.39 is 5.97 Å². The van der Waals surface area contributed by atoms with Crippen molar-refractivity contribution in [3.63, 3.8) is 0 Å². The first kappa shape index (κ1) is 14.7. The second kappa shape index (κ2) is 7.16. The van der Waals surface area contributed by atoms with Crippen molar-refractivity contribution in [2.24, 2.45) is 5.92 Å². The number of carboxylic acid groups (broad SMARTS) is 1. The average Bonchev–Trinajstić information content (AvgIpc) is 2.77. The summed E-state index contributed by atoms with van der Waals surface area (Å²) in [5.41, 5.74) is 0. The number of nitrogens with zero attached hydrogens (tertiary/aromatic N) is 1. The second-order valence-corrected chi connectivity index (χ2v) is 5.58. The lowest BCUT2D eigenvalue weighted by Crippen LogP contribution is -2.30. The Labute approximate surface area is 111 Å². The number of hydrogen-bond acceptors (Lipinski definition) is 3. The highest BCUT2D eigenvalue weighted by atomic mass is 32.1. The molecule has 1 atom stereocenters. The van der Waals surface area contributed by atoms with Crippen LogP contribution in [0.25, 0.3) is 0 Å². The highest BCUT2D eigenvalue weighted by Crippen LogP contribution is 2.12. The number of carbonyl (C=O) groups excluding carboxylic acids is 1. The van der Waals surface area contributed by atoms with Gasteiger partial charge in [-0.25, -0.2) is 0 Å². The van der Waals surface area contributed by atoms with Gasteiger partial charge in [0.2, 0.25) is 5.91 Å². The van der Waals surface area contributed by atoms with Gasteiger partial charge in [0.1, 0.15) is 0 Å². The minimum atomic E-state index is -0.850. The zero-order chi connectivity index (χ0) is 13.5. The van der Waals surface area contributed by atoms with Gasteiger partial charge >= 0.3 is 5.97 Å². The van der Waals surface area contributed by atoms with Gasteiger partial charge in [-0.05, 0) is 23.8 Å². The minimum Gasteiger partial charge on any atom is -0.481 e. The van der Waals surface area contributed by atoms with Crippen molar-refractivity contribution < 1.29 is 14.7 Å². The van der Waals surface area contributed by atoms with Gasteiger partial charge in [0.15, 0.2) is 0 Å². The normalized spacial score (nSPS) is 12.1. The molecule has 5 heteroatoms. The molecule has 0 fully saturated rings. The number of likely N-dealkylation sites (N-methyl/N-ethyl adjacent to an activating group) is 1. The van der Waals surface area contributed by atoms with Gasteiger partial charge in [0, 0.05) is 31.3 Å². The fraction of sp³-hybridized carbons (Fsp3) is 0.538. The summed E-state index contributed by atoms with van der Waals surface area (Å²) in [6, 6.07) is 4.05. The maximum absolute atomic E-state index is 11.8. The van der Waals surface area contributed by atoms with Crippen molar-refractivity contribution in [3.05, 3.63) is 22.4 Å². The van der Waals surface area contributed by atoms with Crippen molar-refractivity contribution >= 4 is 23.2 Å². The fourth-order valence-electron chi connectivity index (χ4n) is 1.68. The number of carbonyl (C=O) groups is 2. The zero-order valence-electron chi connectivity index (χ0n) is 10.8. The van der Waals surface area contributed by atoms with E-state index >= 15 is 0 Å². The van der Waals surface area contributed by atoms with Crippen LogP contribution in [0.1, 0.15) is 24.6 Å². The quantitative estimate of drug-likeness (QED) is 0.826. The highest BCUT2D eigenvalue weighted by Gasteiger charge is 2.15. The molecule has 1 aromatic heterocycles. The highest BCUT2D eigenvalue weighted by molar-refractivity contribution is 7.09. The van der Waals surface area contributed by atoms with E-state index in [9.17, 15) is 9.59 Å². The van der Waals surface area contributed by atoms with Gasteiger partial charge in [0.25, 0.3) is 0 Å². The topological polar surface area (TPSA) is 57.6 Å². The summed E-state index contributed by atoms with van der Waals surface area (Å²) in [7, 11) is 1.77. The molecule has 0 saturated carbocycles. The molecule has 0 spiro atoms. The first-order chi connectivity index (χ1) is 8.49. The molecule has 0 bridgehead atoms. The van der Waals surface area contributed by atoms with Crippen molar-refractivity contribution in [3.8, 4) is 0 Å². The lowest BCUT2D eigenvalue weighted by Gasteiger charge is -2.18. The van der Waals surface area contributed by atoms with Gasteiger partial charge in [-0.3, -0.25) is 9.59 Å². The molecule has 100 valence electrons. The van der Waals surface area contributed by atoms with E-state index in [0.29, 0.717) is 13.0 Å². The van der Waals surface area contributed by atoms with E-state index in [4.69, 9.17) is 5.11 Å². The van der Waals surface area contributed by atoms with Crippen LogP contribution in [0.5, 0.6) is 0 Å². The summed E-state index contributed by atoms with van der Waals surface area (Å²) < 4.78 is 0. The smallest absolute Gasteiger partial charge is 0.303 e. The fourth-order valence-corrected chi connectivity index (χ4v) is 2.38. The largest absolute Gasteiger partial charge is 0.481 e. The molecular weight excluding hydrogens is 250 g/mol. The van der Waals surface area contributed by atoms with Gasteiger partial charge in [-0.15, -0.1) is 11.3 Å². The Morgan fingerprint density at radius 3 is 2.72 bits per heavy atom. The van der Waals surface area contributed by atoms with Crippen LogP contribution in [0, 0.1) is 5.92 Å². The maximum Gasteiger partial charge on any atom is 0.303 e. The Morgan fingerprint density at radius 2 is 2.17 bits per heavy atom. The van der Waals surface area contributed by atoms with Gasteiger partial charge in [0.05, 0.1) is 0 Å². The first-order valence-corrected chi connectivity index (χ1v) is 6.85. The molecule has 0 radical (unpaired) electrons.